The molecule has 64 heavy (non-hydrogen) atoms. The molecule has 4 N–H and O–H groups in total. The number of hydrogen-bond acceptors (Lipinski definition) is 6. The second-order valence-corrected chi connectivity index (χ2v) is 16.9. The predicted molar refractivity (Wildman–Crippen MR) is 268 cm³/mol. The number of ether oxygens (including phenoxy) is 1. The molecule has 0 rings (SSSR count). The SMILES string of the molecule is CC/C=C\C/C=C\C/C=C\C/C=C\C/C=C\C/C=C\CCCCC(=O)OC(CCCCC/C=C\CCCCCCCCCC)CCCCCCCC(=O)NCC(=O)NC(CO)C(=O)O. The van der Waals surface area contributed by atoms with E-state index in [0.29, 0.717) is 12.8 Å². The molecule has 0 saturated carbocycles. The fourth-order valence-corrected chi connectivity index (χ4v) is 7.01. The van der Waals surface area contributed by atoms with Crippen LogP contribution in [0, 0.1) is 0 Å². The molecule has 0 heterocycles. The van der Waals surface area contributed by atoms with Crippen molar-refractivity contribution in [3.05, 3.63) is 85.1 Å². The number of aliphatic carboxylic acids is 1. The number of carbonyl (C=O) groups is 4. The quantitative estimate of drug-likeness (QED) is 0.0271. The molecule has 2 atom stereocenters. The normalized spacial score (nSPS) is 13.2. The number of carboxylic acid groups (broad SMARTS) is 1. The summed E-state index contributed by atoms with van der Waals surface area (Å²) in [6.07, 6.45) is 63.3. The van der Waals surface area contributed by atoms with Crippen molar-refractivity contribution < 1.29 is 34.1 Å². The molecule has 2 unspecified atom stereocenters. The van der Waals surface area contributed by atoms with Gasteiger partial charge < -0.3 is 25.6 Å². The number of carboxylic acids is 1. The van der Waals surface area contributed by atoms with Crippen LogP contribution in [-0.2, 0) is 23.9 Å². The lowest BCUT2D eigenvalue weighted by atomic mass is 10.0. The monoisotopic (exact) mass is 893 g/mol. The van der Waals surface area contributed by atoms with Crippen molar-refractivity contribution in [1.29, 1.82) is 0 Å². The van der Waals surface area contributed by atoms with Crippen LogP contribution in [0.4, 0.5) is 0 Å². The van der Waals surface area contributed by atoms with Gasteiger partial charge in [0.05, 0.1) is 13.2 Å². The molecule has 0 fully saturated rings. The minimum Gasteiger partial charge on any atom is -0.480 e. The minimum atomic E-state index is -1.39. The Morgan fingerprint density at radius 3 is 1.39 bits per heavy atom. The van der Waals surface area contributed by atoms with E-state index in [1.165, 1.54) is 57.8 Å². The van der Waals surface area contributed by atoms with Crippen molar-refractivity contribution in [2.24, 2.45) is 0 Å². The molecule has 2 amide bonds. The number of rotatable bonds is 45. The predicted octanol–water partition coefficient (Wildman–Crippen LogP) is 13.6. The molecule has 0 aromatic carbocycles. The molecule has 0 spiro atoms. The number of carbonyl (C=O) groups excluding carboxylic acids is 3. The van der Waals surface area contributed by atoms with E-state index in [1.807, 2.05) is 0 Å². The molecule has 0 bridgehead atoms. The van der Waals surface area contributed by atoms with Gasteiger partial charge in [0.15, 0.2) is 0 Å². The Morgan fingerprint density at radius 1 is 0.484 bits per heavy atom. The molecule has 0 aromatic heterocycles. The van der Waals surface area contributed by atoms with Gasteiger partial charge in [0, 0.05) is 12.8 Å². The van der Waals surface area contributed by atoms with Gasteiger partial charge in [-0.2, -0.15) is 0 Å². The summed E-state index contributed by atoms with van der Waals surface area (Å²) in [6, 6.07) is -1.39. The summed E-state index contributed by atoms with van der Waals surface area (Å²) in [5.41, 5.74) is 0. The molecule has 0 aromatic rings. The summed E-state index contributed by atoms with van der Waals surface area (Å²) in [4.78, 5) is 47.8. The lowest BCUT2D eigenvalue weighted by Crippen LogP contribution is -2.47. The first kappa shape index (κ1) is 60.0. The van der Waals surface area contributed by atoms with Gasteiger partial charge in [-0.25, -0.2) is 4.79 Å². The zero-order chi connectivity index (χ0) is 46.8. The topological polar surface area (TPSA) is 142 Å². The van der Waals surface area contributed by atoms with Crippen molar-refractivity contribution in [1.82, 2.24) is 10.6 Å². The summed E-state index contributed by atoms with van der Waals surface area (Å²) in [5, 5.41) is 22.6. The van der Waals surface area contributed by atoms with Gasteiger partial charge in [0.2, 0.25) is 11.8 Å². The number of aliphatic hydroxyl groups is 1. The summed E-state index contributed by atoms with van der Waals surface area (Å²) < 4.78 is 6.04. The van der Waals surface area contributed by atoms with Gasteiger partial charge >= 0.3 is 11.9 Å². The number of esters is 1. The van der Waals surface area contributed by atoms with E-state index in [1.54, 1.807) is 0 Å². The highest BCUT2D eigenvalue weighted by molar-refractivity contribution is 5.87. The maximum Gasteiger partial charge on any atom is 0.328 e. The first-order valence-corrected chi connectivity index (χ1v) is 25.5. The van der Waals surface area contributed by atoms with Crippen LogP contribution < -0.4 is 10.6 Å². The Morgan fingerprint density at radius 2 is 0.891 bits per heavy atom. The summed E-state index contributed by atoms with van der Waals surface area (Å²) in [6.45, 7) is 3.37. The zero-order valence-electron chi connectivity index (χ0n) is 40.5. The van der Waals surface area contributed by atoms with E-state index in [4.69, 9.17) is 14.9 Å². The largest absolute Gasteiger partial charge is 0.480 e. The van der Waals surface area contributed by atoms with E-state index in [-0.39, 0.29) is 30.9 Å². The minimum absolute atomic E-state index is 0.0585. The Kier molecular flexibility index (Phi) is 45.5. The number of amides is 2. The Hall–Kier alpha value is -3.98. The Balaban J connectivity index is 4.44. The first-order chi connectivity index (χ1) is 31.3. The van der Waals surface area contributed by atoms with Gasteiger partial charge in [-0.1, -0.05) is 170 Å². The van der Waals surface area contributed by atoms with Crippen molar-refractivity contribution in [3.63, 3.8) is 0 Å². The van der Waals surface area contributed by atoms with Crippen LogP contribution in [0.25, 0.3) is 0 Å². The highest BCUT2D eigenvalue weighted by Crippen LogP contribution is 2.18. The fourth-order valence-electron chi connectivity index (χ4n) is 7.01. The van der Waals surface area contributed by atoms with Crippen molar-refractivity contribution in [3.8, 4) is 0 Å². The van der Waals surface area contributed by atoms with Crippen LogP contribution >= 0.6 is 0 Å². The number of unbranched alkanes of at least 4 members (excludes halogenated alkanes) is 17. The molecule has 0 aliphatic carbocycles. The Labute approximate surface area is 390 Å². The highest BCUT2D eigenvalue weighted by atomic mass is 16.5. The van der Waals surface area contributed by atoms with E-state index in [9.17, 15) is 19.2 Å². The van der Waals surface area contributed by atoms with E-state index in [2.05, 4.69) is 110 Å². The lowest BCUT2D eigenvalue weighted by Gasteiger charge is -2.18. The lowest BCUT2D eigenvalue weighted by molar-refractivity contribution is -0.150. The van der Waals surface area contributed by atoms with Gasteiger partial charge in [-0.3, -0.25) is 14.4 Å². The molecule has 0 radical (unpaired) electrons. The highest BCUT2D eigenvalue weighted by Gasteiger charge is 2.19. The van der Waals surface area contributed by atoms with Crippen molar-refractivity contribution in [2.45, 2.75) is 225 Å². The van der Waals surface area contributed by atoms with Crippen molar-refractivity contribution >= 4 is 23.8 Å². The number of nitrogens with one attached hydrogen (secondary N) is 2. The van der Waals surface area contributed by atoms with E-state index < -0.39 is 24.5 Å². The van der Waals surface area contributed by atoms with Gasteiger partial charge in [0.1, 0.15) is 12.1 Å². The third-order valence-corrected chi connectivity index (χ3v) is 10.9. The molecular weight excluding hydrogens is 801 g/mol. The third kappa shape index (κ3) is 44.6. The van der Waals surface area contributed by atoms with Gasteiger partial charge in [-0.15, -0.1) is 0 Å². The molecule has 0 aliphatic heterocycles. The van der Waals surface area contributed by atoms with Crippen LogP contribution in [0.15, 0.2) is 85.1 Å². The molecule has 9 heteroatoms. The van der Waals surface area contributed by atoms with Crippen LogP contribution in [0.1, 0.15) is 213 Å². The second-order valence-electron chi connectivity index (χ2n) is 16.9. The maximum absolute atomic E-state index is 12.9. The average molecular weight is 893 g/mol. The van der Waals surface area contributed by atoms with Crippen molar-refractivity contribution in [2.75, 3.05) is 13.2 Å². The van der Waals surface area contributed by atoms with E-state index >= 15 is 0 Å². The first-order valence-electron chi connectivity index (χ1n) is 25.5. The number of aliphatic hydroxyl groups excluding tert-OH is 1. The average Bonchev–Trinajstić information content (AvgIpc) is 3.28. The van der Waals surface area contributed by atoms with Crippen LogP contribution in [0.5, 0.6) is 0 Å². The molecular formula is C55H92N2O7. The smallest absolute Gasteiger partial charge is 0.328 e. The summed E-state index contributed by atoms with van der Waals surface area (Å²) in [5.74, 6) is -2.36. The van der Waals surface area contributed by atoms with E-state index in [0.717, 1.165) is 122 Å². The molecule has 9 nitrogen and oxygen atoms in total. The van der Waals surface area contributed by atoms with Gasteiger partial charge in [0.25, 0.3) is 0 Å². The Bertz CT molecular complexity index is 1350. The van der Waals surface area contributed by atoms with Crippen LogP contribution in [0.3, 0.4) is 0 Å². The summed E-state index contributed by atoms with van der Waals surface area (Å²) >= 11 is 0. The molecule has 0 saturated heterocycles. The molecule has 364 valence electrons. The van der Waals surface area contributed by atoms with Crippen LogP contribution in [0.2, 0.25) is 0 Å². The number of allylic oxidation sites excluding steroid dienone is 14. The fraction of sp³-hybridized carbons (Fsp3) is 0.673. The standard InChI is InChI=1S/C55H92N2O7/c1-3-5-7-9-11-13-15-17-19-20-21-22-23-24-26-28-30-32-34-39-43-47-54(61)64-50(44-40-36-33-31-29-27-25-18-16-14-12-10-8-6-4-2)45-41-37-35-38-42-46-52(59)56-48-53(60)57-51(49-58)55(62)63/h5,7,11,13,17,19,21-22,24,26-27,29-30,32,50-51,58H,3-4,6,8-10,12,14-16,18,20,23,25,28,31,33-49H2,1-2H3,(H,56,59)(H,57,60)(H,62,63)/b7-5-,13-11-,19-17-,22-21-,26-24-,29-27-,32-30-. The summed E-state index contributed by atoms with van der Waals surface area (Å²) in [7, 11) is 0. The zero-order valence-corrected chi connectivity index (χ0v) is 40.5. The number of hydrogen-bond donors (Lipinski definition) is 4. The van der Waals surface area contributed by atoms with Crippen LogP contribution in [-0.4, -0.2) is 59.3 Å². The molecule has 0 aliphatic rings. The second kappa shape index (κ2) is 48.5. The van der Waals surface area contributed by atoms with Gasteiger partial charge in [-0.05, 0) is 116 Å². The third-order valence-electron chi connectivity index (χ3n) is 10.9. The maximum atomic E-state index is 12.9.